The number of nitrogens with zero attached hydrogens (tertiary/aromatic N) is 3. The van der Waals surface area contributed by atoms with Gasteiger partial charge in [0.1, 0.15) is 5.82 Å². The van der Waals surface area contributed by atoms with E-state index in [0.29, 0.717) is 10.8 Å². The van der Waals surface area contributed by atoms with Crippen molar-refractivity contribution < 1.29 is 9.18 Å². The number of amides is 1. The SMILES string of the molecule is Cc1cc2nnc(SC(C)C(=O)Nc3ccc(F)cc3)n2c2c(C)cccc12. The molecule has 2 aromatic heterocycles. The molecule has 0 fully saturated rings. The molecule has 4 aromatic rings. The molecule has 2 aromatic carbocycles. The Bertz CT molecular complexity index is 1190. The number of aromatic nitrogens is 3. The number of anilines is 1. The van der Waals surface area contributed by atoms with Crippen molar-refractivity contribution in [1.29, 1.82) is 0 Å². The molecule has 0 saturated heterocycles. The van der Waals surface area contributed by atoms with Gasteiger partial charge < -0.3 is 5.32 Å². The minimum Gasteiger partial charge on any atom is -0.325 e. The average Bonchev–Trinajstić information content (AvgIpc) is 3.06. The largest absolute Gasteiger partial charge is 0.325 e. The quantitative estimate of drug-likeness (QED) is 0.507. The van der Waals surface area contributed by atoms with Crippen LogP contribution in [0.25, 0.3) is 16.6 Å². The number of nitrogens with one attached hydrogen (secondary N) is 1. The lowest BCUT2D eigenvalue weighted by atomic mass is 10.1. The van der Waals surface area contributed by atoms with Gasteiger partial charge in [0, 0.05) is 11.1 Å². The molecule has 0 aliphatic carbocycles. The summed E-state index contributed by atoms with van der Waals surface area (Å²) in [6.07, 6.45) is 0. The highest BCUT2D eigenvalue weighted by Gasteiger charge is 2.20. The number of thioether (sulfide) groups is 1. The van der Waals surface area contributed by atoms with Crippen LogP contribution in [0.1, 0.15) is 18.1 Å². The first-order valence-electron chi connectivity index (χ1n) is 8.91. The van der Waals surface area contributed by atoms with Gasteiger partial charge in [-0.25, -0.2) is 4.39 Å². The van der Waals surface area contributed by atoms with Crippen LogP contribution in [0, 0.1) is 19.7 Å². The van der Waals surface area contributed by atoms with Crippen molar-refractivity contribution >= 4 is 39.9 Å². The Morgan fingerprint density at radius 2 is 1.86 bits per heavy atom. The van der Waals surface area contributed by atoms with Crippen LogP contribution < -0.4 is 5.32 Å². The van der Waals surface area contributed by atoms with Crippen molar-refractivity contribution in [3.05, 3.63) is 65.5 Å². The minimum atomic E-state index is -0.405. The molecule has 5 nitrogen and oxygen atoms in total. The Balaban J connectivity index is 1.66. The first-order chi connectivity index (χ1) is 13.4. The first kappa shape index (κ1) is 18.4. The fraction of sp³-hybridized carbons (Fsp3) is 0.190. The van der Waals surface area contributed by atoms with E-state index in [1.807, 2.05) is 23.5 Å². The molecule has 1 amide bonds. The maximum atomic E-state index is 13.0. The van der Waals surface area contributed by atoms with Crippen molar-refractivity contribution in [3.63, 3.8) is 0 Å². The molecule has 0 bridgehead atoms. The topological polar surface area (TPSA) is 59.3 Å². The second-order valence-electron chi connectivity index (χ2n) is 6.73. The van der Waals surface area contributed by atoms with E-state index in [4.69, 9.17) is 0 Å². The molecular formula is C21H19FN4OS. The van der Waals surface area contributed by atoms with Crippen molar-refractivity contribution in [3.8, 4) is 0 Å². The molecule has 0 aliphatic rings. The number of benzene rings is 2. The van der Waals surface area contributed by atoms with Crippen molar-refractivity contribution in [1.82, 2.24) is 14.6 Å². The van der Waals surface area contributed by atoms with Gasteiger partial charge in [-0.3, -0.25) is 9.20 Å². The molecule has 1 unspecified atom stereocenters. The Labute approximate surface area is 166 Å². The van der Waals surface area contributed by atoms with E-state index in [1.165, 1.54) is 36.0 Å². The highest BCUT2D eigenvalue weighted by atomic mass is 32.2. The normalized spacial score (nSPS) is 12.4. The number of hydrogen-bond acceptors (Lipinski definition) is 4. The number of para-hydroxylation sites is 1. The van der Waals surface area contributed by atoms with E-state index in [2.05, 4.69) is 41.5 Å². The number of hydrogen-bond donors (Lipinski definition) is 1. The number of rotatable bonds is 4. The zero-order valence-electron chi connectivity index (χ0n) is 15.7. The summed E-state index contributed by atoms with van der Waals surface area (Å²) in [5.41, 5.74) is 4.62. The number of halogens is 1. The zero-order chi connectivity index (χ0) is 19.8. The lowest BCUT2D eigenvalue weighted by Gasteiger charge is -2.13. The summed E-state index contributed by atoms with van der Waals surface area (Å²) in [5, 5.41) is 12.8. The summed E-state index contributed by atoms with van der Waals surface area (Å²) >= 11 is 1.34. The van der Waals surface area contributed by atoms with E-state index in [-0.39, 0.29) is 11.7 Å². The van der Waals surface area contributed by atoms with Crippen LogP contribution in [0.3, 0.4) is 0 Å². The van der Waals surface area contributed by atoms with E-state index in [9.17, 15) is 9.18 Å². The van der Waals surface area contributed by atoms with Crippen molar-refractivity contribution in [2.75, 3.05) is 5.32 Å². The summed E-state index contributed by atoms with van der Waals surface area (Å²) in [7, 11) is 0. The summed E-state index contributed by atoms with van der Waals surface area (Å²) < 4.78 is 15.0. The number of carbonyl (C=O) groups excluding carboxylic acids is 1. The number of aryl methyl sites for hydroxylation is 2. The van der Waals surface area contributed by atoms with E-state index < -0.39 is 5.25 Å². The average molecular weight is 394 g/mol. The Hall–Kier alpha value is -2.93. The van der Waals surface area contributed by atoms with Gasteiger partial charge in [-0.1, -0.05) is 30.0 Å². The van der Waals surface area contributed by atoms with E-state index >= 15 is 0 Å². The predicted octanol–water partition coefficient (Wildman–Crippen LogP) is 4.76. The highest BCUT2D eigenvalue weighted by Crippen LogP contribution is 2.30. The molecule has 7 heteroatoms. The van der Waals surface area contributed by atoms with Crippen LogP contribution in [0.5, 0.6) is 0 Å². The molecular weight excluding hydrogens is 375 g/mol. The standard InChI is InChI=1S/C21H19FN4OS/c1-12-5-4-6-17-13(2)11-18-24-25-21(26(18)19(12)17)28-14(3)20(27)23-16-9-7-15(22)8-10-16/h4-11,14H,1-3H3,(H,23,27). The molecule has 0 aliphatic heterocycles. The maximum Gasteiger partial charge on any atom is 0.237 e. The zero-order valence-corrected chi connectivity index (χ0v) is 16.5. The smallest absolute Gasteiger partial charge is 0.237 e. The number of carbonyl (C=O) groups is 1. The molecule has 1 N–H and O–H groups in total. The summed E-state index contributed by atoms with van der Waals surface area (Å²) in [6, 6.07) is 13.9. The van der Waals surface area contributed by atoms with Gasteiger partial charge in [0.15, 0.2) is 10.8 Å². The third-order valence-electron chi connectivity index (χ3n) is 4.65. The van der Waals surface area contributed by atoms with Crippen LogP contribution in [-0.2, 0) is 4.79 Å². The van der Waals surface area contributed by atoms with Crippen molar-refractivity contribution in [2.24, 2.45) is 0 Å². The first-order valence-corrected chi connectivity index (χ1v) is 9.79. The van der Waals surface area contributed by atoms with Crippen LogP contribution >= 0.6 is 11.8 Å². The maximum absolute atomic E-state index is 13.0. The van der Waals surface area contributed by atoms with Gasteiger partial charge in [-0.05, 0) is 62.2 Å². The lowest BCUT2D eigenvalue weighted by molar-refractivity contribution is -0.115. The molecule has 4 rings (SSSR count). The molecule has 0 radical (unpaired) electrons. The second kappa shape index (κ2) is 7.24. The van der Waals surface area contributed by atoms with Crippen LogP contribution in [-0.4, -0.2) is 25.8 Å². The van der Waals surface area contributed by atoms with E-state index in [1.54, 1.807) is 0 Å². The van der Waals surface area contributed by atoms with Crippen LogP contribution in [0.4, 0.5) is 10.1 Å². The minimum absolute atomic E-state index is 0.179. The molecule has 1 atom stereocenters. The number of fused-ring (bicyclic) bond motifs is 3. The van der Waals surface area contributed by atoms with Gasteiger partial charge in [0.2, 0.25) is 5.91 Å². The second-order valence-corrected chi connectivity index (χ2v) is 8.04. The Morgan fingerprint density at radius 1 is 1.11 bits per heavy atom. The van der Waals surface area contributed by atoms with Gasteiger partial charge in [-0.15, -0.1) is 10.2 Å². The highest BCUT2D eigenvalue weighted by molar-refractivity contribution is 8.00. The molecule has 2 heterocycles. The fourth-order valence-electron chi connectivity index (χ4n) is 3.20. The van der Waals surface area contributed by atoms with Crippen LogP contribution in [0.2, 0.25) is 0 Å². The third-order valence-corrected chi connectivity index (χ3v) is 5.70. The van der Waals surface area contributed by atoms with Gasteiger partial charge in [0.05, 0.1) is 10.8 Å². The predicted molar refractivity (Wildman–Crippen MR) is 110 cm³/mol. The van der Waals surface area contributed by atoms with E-state index in [0.717, 1.165) is 27.7 Å². The van der Waals surface area contributed by atoms with Crippen LogP contribution in [0.15, 0.2) is 53.7 Å². The molecule has 28 heavy (non-hydrogen) atoms. The Morgan fingerprint density at radius 3 is 2.61 bits per heavy atom. The summed E-state index contributed by atoms with van der Waals surface area (Å²) in [4.78, 5) is 12.6. The lowest BCUT2D eigenvalue weighted by Crippen LogP contribution is -2.22. The number of pyridine rings is 1. The fourth-order valence-corrected chi connectivity index (χ4v) is 4.06. The molecule has 0 spiro atoms. The monoisotopic (exact) mass is 394 g/mol. The summed E-state index contributed by atoms with van der Waals surface area (Å²) in [6.45, 7) is 5.93. The summed E-state index contributed by atoms with van der Waals surface area (Å²) in [5.74, 6) is -0.519. The van der Waals surface area contributed by atoms with Gasteiger partial charge >= 0.3 is 0 Å². The third kappa shape index (κ3) is 3.33. The Kier molecular flexibility index (Phi) is 4.77. The van der Waals surface area contributed by atoms with Gasteiger partial charge in [-0.2, -0.15) is 0 Å². The van der Waals surface area contributed by atoms with Gasteiger partial charge in [0.25, 0.3) is 0 Å². The molecule has 142 valence electrons. The van der Waals surface area contributed by atoms with Crippen molar-refractivity contribution in [2.45, 2.75) is 31.2 Å². The molecule has 0 saturated carbocycles.